The lowest BCUT2D eigenvalue weighted by Crippen LogP contribution is -2.42. The summed E-state index contributed by atoms with van der Waals surface area (Å²) < 4.78 is 48.3. The van der Waals surface area contributed by atoms with Crippen molar-refractivity contribution in [2.75, 3.05) is 47.0 Å². The Morgan fingerprint density at radius 3 is 2.63 bits per heavy atom. The Morgan fingerprint density at radius 1 is 1.33 bits per heavy atom. The first-order chi connectivity index (χ1) is 12.4. The van der Waals surface area contributed by atoms with E-state index in [4.69, 9.17) is 9.47 Å². The van der Waals surface area contributed by atoms with Crippen molar-refractivity contribution in [3.8, 4) is 5.88 Å². The summed E-state index contributed by atoms with van der Waals surface area (Å²) in [5.74, 6) is 1.59. The van der Waals surface area contributed by atoms with E-state index in [1.54, 1.807) is 7.05 Å². The number of aliphatic imine (C=N–C) groups is 1. The van der Waals surface area contributed by atoms with Gasteiger partial charge in [0.15, 0.2) is 5.96 Å². The fourth-order valence-corrected chi connectivity index (χ4v) is 2.18. The van der Waals surface area contributed by atoms with Gasteiger partial charge in [-0.05, 0) is 24.8 Å². The van der Waals surface area contributed by atoms with E-state index in [-0.39, 0.29) is 36.5 Å². The quantitative estimate of drug-likeness (QED) is 0.244. The minimum atomic E-state index is -4.40. The predicted octanol–water partition coefficient (Wildman–Crippen LogP) is 3.03. The number of rotatable bonds is 9. The molecule has 1 aromatic rings. The van der Waals surface area contributed by atoms with Crippen molar-refractivity contribution in [3.63, 3.8) is 0 Å². The van der Waals surface area contributed by atoms with Gasteiger partial charge in [-0.25, -0.2) is 4.98 Å². The topological polar surface area (TPSA) is 59.0 Å². The third-order valence-electron chi connectivity index (χ3n) is 3.89. The minimum absolute atomic E-state index is 0. The Kier molecular flexibility index (Phi) is 10.1. The van der Waals surface area contributed by atoms with Crippen molar-refractivity contribution in [1.82, 2.24) is 15.2 Å². The maximum absolute atomic E-state index is 12.5. The Morgan fingerprint density at radius 2 is 2.07 bits per heavy atom. The molecule has 1 N–H and O–H groups in total. The first-order valence-corrected chi connectivity index (χ1v) is 8.55. The van der Waals surface area contributed by atoms with E-state index in [0.29, 0.717) is 25.7 Å². The van der Waals surface area contributed by atoms with E-state index in [9.17, 15) is 13.2 Å². The highest BCUT2D eigenvalue weighted by Crippen LogP contribution is 2.29. The maximum Gasteiger partial charge on any atom is 0.417 e. The second kappa shape index (κ2) is 11.5. The highest BCUT2D eigenvalue weighted by molar-refractivity contribution is 14.0. The van der Waals surface area contributed by atoms with Crippen molar-refractivity contribution >= 4 is 29.9 Å². The molecule has 0 spiro atoms. The monoisotopic (exact) mass is 502 g/mol. The molecule has 0 bridgehead atoms. The molecule has 0 atom stereocenters. The van der Waals surface area contributed by atoms with Crippen LogP contribution < -0.4 is 10.1 Å². The molecule has 1 aliphatic rings. The average Bonchev–Trinajstić information content (AvgIpc) is 3.42. The number of nitrogens with zero attached hydrogens (tertiary/aromatic N) is 3. The fourth-order valence-electron chi connectivity index (χ4n) is 2.18. The SMILES string of the molecule is CN=C(NCCOc1ccc(C(F)(F)F)cn1)N(C)CCOCC1CC1.I. The van der Waals surface area contributed by atoms with Crippen LogP contribution in [0, 0.1) is 5.92 Å². The van der Waals surface area contributed by atoms with Crippen LogP contribution in [0.15, 0.2) is 23.3 Å². The molecule has 0 radical (unpaired) electrons. The van der Waals surface area contributed by atoms with Crippen molar-refractivity contribution in [2.24, 2.45) is 10.9 Å². The molecule has 1 saturated carbocycles. The van der Waals surface area contributed by atoms with Gasteiger partial charge in [0.2, 0.25) is 5.88 Å². The fraction of sp³-hybridized carbons (Fsp3) is 0.647. The summed E-state index contributed by atoms with van der Waals surface area (Å²) in [5.41, 5.74) is -0.797. The molecule has 1 aromatic heterocycles. The van der Waals surface area contributed by atoms with Crippen molar-refractivity contribution in [2.45, 2.75) is 19.0 Å². The molecule has 0 aliphatic heterocycles. The zero-order valence-corrected chi connectivity index (χ0v) is 17.8. The lowest BCUT2D eigenvalue weighted by Gasteiger charge is -2.22. The molecule has 1 heterocycles. The van der Waals surface area contributed by atoms with Crippen LogP contribution in [0.5, 0.6) is 5.88 Å². The van der Waals surface area contributed by atoms with Gasteiger partial charge in [-0.2, -0.15) is 13.2 Å². The summed E-state index contributed by atoms with van der Waals surface area (Å²) in [7, 11) is 3.59. The molecular weight excluding hydrogens is 476 g/mol. The van der Waals surface area contributed by atoms with Gasteiger partial charge in [-0.15, -0.1) is 24.0 Å². The Hall–Kier alpha value is -1.30. The van der Waals surface area contributed by atoms with E-state index >= 15 is 0 Å². The second-order valence-corrected chi connectivity index (χ2v) is 6.15. The summed E-state index contributed by atoms with van der Waals surface area (Å²) >= 11 is 0. The molecular formula is C17H26F3IN4O2. The number of aromatic nitrogens is 1. The van der Waals surface area contributed by atoms with Gasteiger partial charge >= 0.3 is 6.18 Å². The number of ether oxygens (including phenoxy) is 2. The third kappa shape index (κ3) is 8.96. The summed E-state index contributed by atoms with van der Waals surface area (Å²) in [4.78, 5) is 9.78. The number of guanidine groups is 1. The smallest absolute Gasteiger partial charge is 0.417 e. The van der Waals surface area contributed by atoms with E-state index < -0.39 is 11.7 Å². The highest BCUT2D eigenvalue weighted by atomic mass is 127. The molecule has 154 valence electrons. The minimum Gasteiger partial charge on any atom is -0.476 e. The third-order valence-corrected chi connectivity index (χ3v) is 3.89. The number of alkyl halides is 3. The van der Waals surface area contributed by atoms with Crippen LogP contribution >= 0.6 is 24.0 Å². The number of hydrogen-bond acceptors (Lipinski definition) is 4. The van der Waals surface area contributed by atoms with E-state index in [2.05, 4.69) is 15.3 Å². The van der Waals surface area contributed by atoms with Gasteiger partial charge < -0.3 is 19.7 Å². The van der Waals surface area contributed by atoms with Crippen LogP contribution in [-0.4, -0.2) is 62.8 Å². The van der Waals surface area contributed by atoms with Crippen LogP contribution in [0.4, 0.5) is 13.2 Å². The molecule has 0 unspecified atom stereocenters. The zero-order chi connectivity index (χ0) is 19.0. The first-order valence-electron chi connectivity index (χ1n) is 8.55. The largest absolute Gasteiger partial charge is 0.476 e. The second-order valence-electron chi connectivity index (χ2n) is 6.15. The molecule has 2 rings (SSSR count). The van der Waals surface area contributed by atoms with E-state index in [1.165, 1.54) is 18.9 Å². The van der Waals surface area contributed by atoms with Crippen LogP contribution in [0.25, 0.3) is 0 Å². The number of pyridine rings is 1. The van der Waals surface area contributed by atoms with Crippen molar-refractivity contribution in [1.29, 1.82) is 0 Å². The summed E-state index contributed by atoms with van der Waals surface area (Å²) in [6.07, 6.45) is -1.09. The normalized spacial score (nSPS) is 14.5. The Labute approximate surface area is 174 Å². The van der Waals surface area contributed by atoms with Gasteiger partial charge in [0.25, 0.3) is 0 Å². The van der Waals surface area contributed by atoms with Crippen LogP contribution in [0.1, 0.15) is 18.4 Å². The Balaban J connectivity index is 0.00000364. The highest BCUT2D eigenvalue weighted by Gasteiger charge is 2.30. The van der Waals surface area contributed by atoms with Gasteiger partial charge in [-0.3, -0.25) is 4.99 Å². The molecule has 6 nitrogen and oxygen atoms in total. The first kappa shape index (κ1) is 23.7. The number of nitrogens with one attached hydrogen (secondary N) is 1. The van der Waals surface area contributed by atoms with Gasteiger partial charge in [0.1, 0.15) is 6.61 Å². The molecule has 0 amide bonds. The van der Waals surface area contributed by atoms with Gasteiger partial charge in [0.05, 0.1) is 18.7 Å². The maximum atomic E-state index is 12.5. The summed E-state index contributed by atoms with van der Waals surface area (Å²) in [6.45, 7) is 2.88. The molecule has 1 fully saturated rings. The van der Waals surface area contributed by atoms with Crippen molar-refractivity contribution < 1.29 is 22.6 Å². The van der Waals surface area contributed by atoms with Crippen LogP contribution in [-0.2, 0) is 10.9 Å². The summed E-state index contributed by atoms with van der Waals surface area (Å²) in [6, 6.07) is 2.16. The molecule has 0 aromatic carbocycles. The average molecular weight is 502 g/mol. The zero-order valence-electron chi connectivity index (χ0n) is 15.5. The number of halogens is 4. The predicted molar refractivity (Wildman–Crippen MR) is 108 cm³/mol. The van der Waals surface area contributed by atoms with Gasteiger partial charge in [0, 0.05) is 39.5 Å². The molecule has 10 heteroatoms. The summed E-state index contributed by atoms with van der Waals surface area (Å²) in [5, 5.41) is 3.12. The van der Waals surface area contributed by atoms with Crippen LogP contribution in [0.3, 0.4) is 0 Å². The Bertz CT molecular complexity index is 581. The van der Waals surface area contributed by atoms with Crippen molar-refractivity contribution in [3.05, 3.63) is 23.9 Å². The standard InChI is InChI=1S/C17H25F3N4O2.HI/c1-21-16(24(2)8-10-25-12-13-3-4-13)22-7-9-26-15-6-5-14(11-23-15)17(18,19)20;/h5-6,11,13H,3-4,7-10,12H2,1-2H3,(H,21,22);1H. The lowest BCUT2D eigenvalue weighted by molar-refractivity contribution is -0.137. The van der Waals surface area contributed by atoms with Gasteiger partial charge in [-0.1, -0.05) is 0 Å². The number of hydrogen-bond donors (Lipinski definition) is 1. The van der Waals surface area contributed by atoms with E-state index in [0.717, 1.165) is 24.8 Å². The molecule has 0 saturated heterocycles. The van der Waals surface area contributed by atoms with Crippen LogP contribution in [0.2, 0.25) is 0 Å². The molecule has 27 heavy (non-hydrogen) atoms. The lowest BCUT2D eigenvalue weighted by atomic mass is 10.3. The number of likely N-dealkylation sites (N-methyl/N-ethyl adjacent to an activating group) is 1. The molecule has 1 aliphatic carbocycles. The van der Waals surface area contributed by atoms with E-state index in [1.807, 2.05) is 11.9 Å².